The van der Waals surface area contributed by atoms with Gasteiger partial charge in [0.05, 0.1) is 6.54 Å². The van der Waals surface area contributed by atoms with Gasteiger partial charge in [-0.1, -0.05) is 25.3 Å². The molecule has 2 aromatic heterocycles. The molecule has 0 aliphatic carbocycles. The molecule has 0 aromatic carbocycles. The number of nitrogens with zero attached hydrogens (tertiary/aromatic N) is 6. The highest BCUT2D eigenvalue weighted by Crippen LogP contribution is 2.21. The van der Waals surface area contributed by atoms with Crippen molar-refractivity contribution in [1.82, 2.24) is 30.5 Å². The van der Waals surface area contributed by atoms with E-state index < -0.39 is 0 Å². The molecule has 3 heterocycles. The maximum absolute atomic E-state index is 12.1. The molecule has 25 heavy (non-hydrogen) atoms. The van der Waals surface area contributed by atoms with Crippen LogP contribution in [0.15, 0.2) is 24.7 Å². The van der Waals surface area contributed by atoms with Crippen LogP contribution in [0.1, 0.15) is 44.1 Å². The highest BCUT2D eigenvalue weighted by Gasteiger charge is 2.14. The molecule has 1 aliphatic heterocycles. The van der Waals surface area contributed by atoms with E-state index in [0.29, 0.717) is 19.5 Å². The molecular weight excluding hydrogens is 318 g/mol. The summed E-state index contributed by atoms with van der Waals surface area (Å²) in [6.45, 7) is 3.05. The molecular formula is C17H25N7O. The summed E-state index contributed by atoms with van der Waals surface area (Å²) in [5, 5.41) is 13.9. The third-order valence-corrected chi connectivity index (χ3v) is 4.46. The van der Waals surface area contributed by atoms with E-state index in [-0.39, 0.29) is 5.91 Å². The number of pyridine rings is 1. The second kappa shape index (κ2) is 9.10. The smallest absolute Gasteiger partial charge is 0.222 e. The Morgan fingerprint density at radius 2 is 1.96 bits per heavy atom. The average Bonchev–Trinajstić information content (AvgIpc) is 3.12. The zero-order valence-electron chi connectivity index (χ0n) is 14.5. The molecule has 8 heteroatoms. The van der Waals surface area contributed by atoms with Crippen molar-refractivity contribution in [3.05, 3.63) is 30.2 Å². The fraction of sp³-hybridized carbons (Fsp3) is 0.588. The maximum atomic E-state index is 12.1. The summed E-state index contributed by atoms with van der Waals surface area (Å²) in [5.41, 5.74) is 1.07. The minimum absolute atomic E-state index is 0.0158. The van der Waals surface area contributed by atoms with Crippen LogP contribution in [0.25, 0.3) is 0 Å². The molecule has 0 spiro atoms. The number of amides is 1. The molecule has 3 rings (SSSR count). The second-order valence-electron chi connectivity index (χ2n) is 6.34. The van der Waals surface area contributed by atoms with Crippen LogP contribution in [0.2, 0.25) is 0 Å². The van der Waals surface area contributed by atoms with E-state index in [1.54, 1.807) is 4.68 Å². The second-order valence-corrected chi connectivity index (χ2v) is 6.34. The molecule has 1 saturated heterocycles. The quantitative estimate of drug-likeness (QED) is 0.856. The molecule has 2 aromatic rings. The molecule has 0 saturated carbocycles. The number of hydrogen-bond acceptors (Lipinski definition) is 6. The van der Waals surface area contributed by atoms with Gasteiger partial charge in [-0.05, 0) is 29.3 Å². The molecule has 0 bridgehead atoms. The predicted molar refractivity (Wildman–Crippen MR) is 93.8 cm³/mol. The van der Waals surface area contributed by atoms with Crippen LogP contribution in [-0.4, -0.2) is 44.2 Å². The summed E-state index contributed by atoms with van der Waals surface area (Å²) in [6, 6.07) is 3.97. The van der Waals surface area contributed by atoms with Crippen LogP contribution in [-0.2, 0) is 17.9 Å². The third kappa shape index (κ3) is 5.23. The molecule has 134 valence electrons. The van der Waals surface area contributed by atoms with E-state index in [4.69, 9.17) is 0 Å². The largest absolute Gasteiger partial charge is 0.356 e. The van der Waals surface area contributed by atoms with Crippen molar-refractivity contribution in [3.8, 4) is 0 Å². The van der Waals surface area contributed by atoms with Crippen molar-refractivity contribution in [1.29, 1.82) is 0 Å². The van der Waals surface area contributed by atoms with E-state index in [1.807, 2.05) is 18.3 Å². The van der Waals surface area contributed by atoms with Gasteiger partial charge in [0.25, 0.3) is 0 Å². The van der Waals surface area contributed by atoms with E-state index in [9.17, 15) is 4.79 Å². The van der Waals surface area contributed by atoms with Crippen LogP contribution in [0.4, 0.5) is 5.82 Å². The summed E-state index contributed by atoms with van der Waals surface area (Å²) < 4.78 is 1.55. The minimum atomic E-state index is -0.0158. The van der Waals surface area contributed by atoms with Crippen molar-refractivity contribution in [3.63, 3.8) is 0 Å². The van der Waals surface area contributed by atoms with Gasteiger partial charge in [-0.2, -0.15) is 0 Å². The lowest BCUT2D eigenvalue weighted by Crippen LogP contribution is -2.30. The molecule has 0 unspecified atom stereocenters. The first-order valence-electron chi connectivity index (χ1n) is 8.99. The van der Waals surface area contributed by atoms with E-state index >= 15 is 0 Å². The Labute approximate surface area is 147 Å². The standard InChI is InChI=1S/C17H25N7O/c25-16(8-12-24-14-20-21-22-24)19-13-15-7-6-9-18-17(15)23-10-4-2-1-3-5-11-23/h6-7,9,14H,1-5,8,10-13H2,(H,19,25). The summed E-state index contributed by atoms with van der Waals surface area (Å²) in [7, 11) is 0. The number of aromatic nitrogens is 5. The molecule has 1 amide bonds. The summed E-state index contributed by atoms with van der Waals surface area (Å²) in [4.78, 5) is 19.0. The van der Waals surface area contributed by atoms with E-state index in [0.717, 1.165) is 24.5 Å². The van der Waals surface area contributed by atoms with Crippen molar-refractivity contribution < 1.29 is 4.79 Å². The lowest BCUT2D eigenvalue weighted by molar-refractivity contribution is -0.121. The molecule has 1 N–H and O–H groups in total. The number of nitrogens with one attached hydrogen (secondary N) is 1. The first kappa shape index (κ1) is 17.3. The summed E-state index contributed by atoms with van der Waals surface area (Å²) in [5.74, 6) is 0.989. The van der Waals surface area contributed by atoms with Gasteiger partial charge in [-0.3, -0.25) is 4.79 Å². The Balaban J connectivity index is 1.55. The van der Waals surface area contributed by atoms with Gasteiger partial charge in [0.1, 0.15) is 12.1 Å². The fourth-order valence-electron chi connectivity index (χ4n) is 3.09. The Bertz CT molecular complexity index is 651. The van der Waals surface area contributed by atoms with Gasteiger partial charge in [0.2, 0.25) is 5.91 Å². The van der Waals surface area contributed by atoms with Crippen LogP contribution >= 0.6 is 0 Å². The lowest BCUT2D eigenvalue weighted by atomic mass is 10.1. The number of anilines is 1. The SMILES string of the molecule is O=C(CCn1cnnn1)NCc1cccnc1N1CCCCCCC1. The van der Waals surface area contributed by atoms with Crippen LogP contribution in [0.5, 0.6) is 0 Å². The number of aryl methyl sites for hydroxylation is 1. The Morgan fingerprint density at radius 1 is 1.16 bits per heavy atom. The Morgan fingerprint density at radius 3 is 2.72 bits per heavy atom. The van der Waals surface area contributed by atoms with Crippen LogP contribution < -0.4 is 10.2 Å². The number of hydrogen-bond donors (Lipinski definition) is 1. The monoisotopic (exact) mass is 343 g/mol. The Hall–Kier alpha value is -2.51. The Kier molecular flexibility index (Phi) is 6.30. The minimum Gasteiger partial charge on any atom is -0.356 e. The van der Waals surface area contributed by atoms with Crippen molar-refractivity contribution >= 4 is 11.7 Å². The van der Waals surface area contributed by atoms with Gasteiger partial charge >= 0.3 is 0 Å². The highest BCUT2D eigenvalue weighted by atomic mass is 16.1. The first-order chi connectivity index (χ1) is 12.3. The summed E-state index contributed by atoms with van der Waals surface area (Å²) >= 11 is 0. The topological polar surface area (TPSA) is 88.8 Å². The number of carbonyl (C=O) groups excluding carboxylic acids is 1. The van der Waals surface area contributed by atoms with Crippen LogP contribution in [0, 0.1) is 0 Å². The van der Waals surface area contributed by atoms with Crippen molar-refractivity contribution in [2.45, 2.75) is 51.6 Å². The number of carbonyl (C=O) groups is 1. The zero-order chi connectivity index (χ0) is 17.3. The maximum Gasteiger partial charge on any atom is 0.222 e. The fourth-order valence-corrected chi connectivity index (χ4v) is 3.09. The van der Waals surface area contributed by atoms with Gasteiger partial charge < -0.3 is 10.2 Å². The summed E-state index contributed by atoms with van der Waals surface area (Å²) in [6.07, 6.45) is 10.00. The van der Waals surface area contributed by atoms with E-state index in [1.165, 1.54) is 38.4 Å². The van der Waals surface area contributed by atoms with Gasteiger partial charge in [-0.15, -0.1) is 5.10 Å². The third-order valence-electron chi connectivity index (χ3n) is 4.46. The first-order valence-corrected chi connectivity index (χ1v) is 8.99. The molecule has 0 radical (unpaired) electrons. The average molecular weight is 343 g/mol. The molecule has 8 nitrogen and oxygen atoms in total. The predicted octanol–water partition coefficient (Wildman–Crippen LogP) is 1.55. The van der Waals surface area contributed by atoms with Gasteiger partial charge in [0, 0.05) is 37.8 Å². The molecule has 1 aliphatic rings. The van der Waals surface area contributed by atoms with Gasteiger partial charge in [0.15, 0.2) is 0 Å². The van der Waals surface area contributed by atoms with Crippen molar-refractivity contribution in [2.24, 2.45) is 0 Å². The normalized spacial score (nSPS) is 15.4. The molecule has 1 fully saturated rings. The number of rotatable bonds is 6. The highest BCUT2D eigenvalue weighted by molar-refractivity contribution is 5.76. The van der Waals surface area contributed by atoms with E-state index in [2.05, 4.69) is 30.7 Å². The molecule has 0 atom stereocenters. The number of tetrazole rings is 1. The van der Waals surface area contributed by atoms with Gasteiger partial charge in [-0.25, -0.2) is 9.67 Å². The lowest BCUT2D eigenvalue weighted by Gasteiger charge is -2.27. The zero-order valence-corrected chi connectivity index (χ0v) is 14.5. The van der Waals surface area contributed by atoms with Crippen LogP contribution in [0.3, 0.4) is 0 Å². The van der Waals surface area contributed by atoms with Crippen molar-refractivity contribution in [2.75, 3.05) is 18.0 Å².